The van der Waals surface area contributed by atoms with Crippen molar-refractivity contribution >= 4 is 17.5 Å². The first-order chi connectivity index (χ1) is 15.0. The van der Waals surface area contributed by atoms with Gasteiger partial charge in [-0.3, -0.25) is 9.59 Å². The van der Waals surface area contributed by atoms with E-state index in [2.05, 4.69) is 29.1 Å². The Balaban J connectivity index is 1.80. The van der Waals surface area contributed by atoms with Crippen LogP contribution in [0.3, 0.4) is 0 Å². The van der Waals surface area contributed by atoms with Gasteiger partial charge in [-0.2, -0.15) is 0 Å². The van der Waals surface area contributed by atoms with Gasteiger partial charge < -0.3 is 10.3 Å². The second kappa shape index (κ2) is 8.01. The van der Waals surface area contributed by atoms with Gasteiger partial charge in [-0.1, -0.05) is 44.2 Å². The number of rotatable bonds is 5. The minimum absolute atomic E-state index is 0.111. The summed E-state index contributed by atoms with van der Waals surface area (Å²) in [7, 11) is 0. The molecule has 32 heavy (non-hydrogen) atoms. The molecule has 5 nitrogen and oxygen atoms in total. The Kier molecular flexibility index (Phi) is 5.49. The van der Waals surface area contributed by atoms with Gasteiger partial charge in [0, 0.05) is 35.9 Å². The maximum atomic E-state index is 14.0. The Bertz CT molecular complexity index is 1170. The van der Waals surface area contributed by atoms with Gasteiger partial charge in [-0.25, -0.2) is 9.37 Å². The fourth-order valence-electron chi connectivity index (χ4n) is 4.27. The number of nitrogens with zero attached hydrogens (tertiary/aromatic N) is 1. The number of Topliss-reactive ketones (excluding diaryl/α,β-unsaturated/α-hetero) is 1. The van der Waals surface area contributed by atoms with E-state index in [1.807, 2.05) is 36.4 Å². The van der Waals surface area contributed by atoms with E-state index in [-0.39, 0.29) is 17.0 Å². The average molecular weight is 434 g/mol. The summed E-state index contributed by atoms with van der Waals surface area (Å²) in [6.45, 7) is 6.61. The fourth-order valence-corrected chi connectivity index (χ4v) is 4.27. The number of hydrogen-bond acceptors (Lipinski definition) is 3. The number of carbonyl (C=O) groups is 2. The molecular weight excluding hydrogens is 405 g/mol. The lowest BCUT2D eigenvalue weighted by Gasteiger charge is -2.28. The number of anilines is 1. The number of aromatic amines is 1. The first kappa shape index (κ1) is 21.9. The molecule has 0 unspecified atom stereocenters. The molecule has 0 aliphatic heterocycles. The monoisotopic (exact) mass is 433 g/mol. The molecule has 3 aromatic rings. The van der Waals surface area contributed by atoms with Gasteiger partial charge in [0.2, 0.25) is 0 Å². The molecule has 0 saturated heterocycles. The van der Waals surface area contributed by atoms with Crippen LogP contribution in [0.1, 0.15) is 61.3 Å². The van der Waals surface area contributed by atoms with Crippen molar-refractivity contribution in [2.75, 3.05) is 5.32 Å². The number of carbonyl (C=O) groups excluding carboxylic acids is 2. The molecule has 0 spiro atoms. The van der Waals surface area contributed by atoms with E-state index in [0.29, 0.717) is 12.8 Å². The molecule has 0 atom stereocenters. The van der Waals surface area contributed by atoms with Crippen LogP contribution in [0.25, 0.3) is 11.3 Å². The van der Waals surface area contributed by atoms with Crippen LogP contribution in [0.5, 0.6) is 0 Å². The van der Waals surface area contributed by atoms with E-state index in [4.69, 9.17) is 0 Å². The number of alkyl halides is 1. The van der Waals surface area contributed by atoms with Gasteiger partial charge in [-0.05, 0) is 48.9 Å². The summed E-state index contributed by atoms with van der Waals surface area (Å²) in [5.41, 5.74) is 3.27. The van der Waals surface area contributed by atoms with E-state index in [9.17, 15) is 14.0 Å². The lowest BCUT2D eigenvalue weighted by Crippen LogP contribution is -2.32. The molecule has 2 aromatic heterocycles. The normalized spacial score (nSPS) is 15.3. The third kappa shape index (κ3) is 4.49. The molecule has 1 aliphatic rings. The van der Waals surface area contributed by atoms with Crippen LogP contribution in [0, 0.1) is 5.41 Å². The minimum Gasteiger partial charge on any atom is -0.358 e. The number of amides is 1. The zero-order chi connectivity index (χ0) is 23.1. The first-order valence-corrected chi connectivity index (χ1v) is 10.8. The van der Waals surface area contributed by atoms with Crippen LogP contribution in [-0.4, -0.2) is 27.3 Å². The molecule has 166 valence electrons. The standard InChI is InChI=1S/C26H28FN3O2/c1-25(2)14-19-22(20(31)15-25)18(12-16-8-6-5-7-9-16)23(29-19)17-10-11-28-21(13-17)30-24(32)26(3,4)27/h5-11,13,29H,12,14-15H2,1-4H3,(H,28,30,32). The minimum atomic E-state index is -2.01. The second-order valence-electron chi connectivity index (χ2n) is 9.79. The van der Waals surface area contributed by atoms with Crippen molar-refractivity contribution in [3.63, 3.8) is 0 Å². The molecule has 1 aromatic carbocycles. The zero-order valence-electron chi connectivity index (χ0n) is 18.9. The molecule has 6 heteroatoms. The second-order valence-corrected chi connectivity index (χ2v) is 9.79. The summed E-state index contributed by atoms with van der Waals surface area (Å²) in [4.78, 5) is 32.9. The maximum absolute atomic E-state index is 14.0. The van der Waals surface area contributed by atoms with Crippen molar-refractivity contribution < 1.29 is 14.0 Å². The third-order valence-electron chi connectivity index (χ3n) is 5.81. The number of pyridine rings is 1. The van der Waals surface area contributed by atoms with Gasteiger partial charge in [0.05, 0.1) is 5.69 Å². The molecule has 2 heterocycles. The van der Waals surface area contributed by atoms with Crippen molar-refractivity contribution in [3.8, 4) is 11.3 Å². The molecule has 0 radical (unpaired) electrons. The Morgan fingerprint density at radius 2 is 1.91 bits per heavy atom. The van der Waals surface area contributed by atoms with Gasteiger partial charge >= 0.3 is 0 Å². The molecule has 4 rings (SSSR count). The summed E-state index contributed by atoms with van der Waals surface area (Å²) in [6, 6.07) is 13.6. The number of benzene rings is 1. The van der Waals surface area contributed by atoms with Crippen LogP contribution in [0.4, 0.5) is 10.2 Å². The molecule has 2 N–H and O–H groups in total. The summed E-state index contributed by atoms with van der Waals surface area (Å²) in [6.07, 6.45) is 3.46. The van der Waals surface area contributed by atoms with Gasteiger partial charge in [0.15, 0.2) is 11.5 Å². The molecule has 1 amide bonds. The number of H-pyrrole nitrogens is 1. The highest BCUT2D eigenvalue weighted by atomic mass is 19.1. The van der Waals surface area contributed by atoms with E-state index in [1.165, 1.54) is 13.8 Å². The van der Waals surface area contributed by atoms with Crippen molar-refractivity contribution in [3.05, 3.63) is 71.0 Å². The van der Waals surface area contributed by atoms with E-state index >= 15 is 0 Å². The average Bonchev–Trinajstić information content (AvgIpc) is 3.05. The number of fused-ring (bicyclic) bond motifs is 1. The van der Waals surface area contributed by atoms with E-state index in [0.717, 1.165) is 40.1 Å². The fraction of sp³-hybridized carbons (Fsp3) is 0.346. The Labute approximate surface area is 187 Å². The van der Waals surface area contributed by atoms with Gasteiger partial charge in [0.1, 0.15) is 5.82 Å². The van der Waals surface area contributed by atoms with E-state index in [1.54, 1.807) is 12.3 Å². The Hall–Kier alpha value is -3.28. The predicted octanol–water partition coefficient (Wildman–Crippen LogP) is 5.51. The van der Waals surface area contributed by atoms with Crippen molar-refractivity contribution in [2.45, 2.75) is 52.6 Å². The van der Waals surface area contributed by atoms with Crippen molar-refractivity contribution in [1.29, 1.82) is 0 Å². The van der Waals surface area contributed by atoms with Crippen LogP contribution >= 0.6 is 0 Å². The molecule has 1 aliphatic carbocycles. The largest absolute Gasteiger partial charge is 0.358 e. The molecule has 0 bridgehead atoms. The summed E-state index contributed by atoms with van der Waals surface area (Å²) in [5.74, 6) is -0.344. The highest BCUT2D eigenvalue weighted by Crippen LogP contribution is 2.40. The Morgan fingerprint density at radius 1 is 1.19 bits per heavy atom. The van der Waals surface area contributed by atoms with Crippen LogP contribution < -0.4 is 5.32 Å². The first-order valence-electron chi connectivity index (χ1n) is 10.8. The van der Waals surface area contributed by atoms with Crippen molar-refractivity contribution in [1.82, 2.24) is 9.97 Å². The van der Waals surface area contributed by atoms with Crippen LogP contribution in [-0.2, 0) is 17.6 Å². The number of halogens is 1. The van der Waals surface area contributed by atoms with Crippen molar-refractivity contribution in [2.24, 2.45) is 5.41 Å². The molecule has 0 fully saturated rings. The SMILES string of the molecule is CC1(C)CC(=O)c2c([nH]c(-c3ccnc(NC(=O)C(C)(C)F)c3)c2Cc2ccccc2)C1. The topological polar surface area (TPSA) is 74.8 Å². The zero-order valence-corrected chi connectivity index (χ0v) is 18.9. The molecule has 0 saturated carbocycles. The Morgan fingerprint density at radius 3 is 2.59 bits per heavy atom. The number of aromatic nitrogens is 2. The predicted molar refractivity (Wildman–Crippen MR) is 124 cm³/mol. The van der Waals surface area contributed by atoms with Gasteiger partial charge in [-0.15, -0.1) is 0 Å². The lowest BCUT2D eigenvalue weighted by molar-refractivity contribution is -0.125. The smallest absolute Gasteiger partial charge is 0.262 e. The highest BCUT2D eigenvalue weighted by Gasteiger charge is 2.35. The number of ketones is 1. The maximum Gasteiger partial charge on any atom is 0.262 e. The van der Waals surface area contributed by atoms with Crippen LogP contribution in [0.2, 0.25) is 0 Å². The summed E-state index contributed by atoms with van der Waals surface area (Å²) < 4.78 is 14.0. The van der Waals surface area contributed by atoms with Gasteiger partial charge in [0.25, 0.3) is 5.91 Å². The number of nitrogens with one attached hydrogen (secondary N) is 2. The third-order valence-corrected chi connectivity index (χ3v) is 5.81. The lowest BCUT2D eigenvalue weighted by atomic mass is 9.75. The quantitative estimate of drug-likeness (QED) is 0.557. The summed E-state index contributed by atoms with van der Waals surface area (Å²) in [5, 5.41) is 2.54. The number of hydrogen-bond donors (Lipinski definition) is 2. The molecular formula is C26H28FN3O2. The summed E-state index contributed by atoms with van der Waals surface area (Å²) >= 11 is 0. The van der Waals surface area contributed by atoms with Crippen LogP contribution in [0.15, 0.2) is 48.7 Å². The highest BCUT2D eigenvalue weighted by molar-refractivity contribution is 6.02. The van der Waals surface area contributed by atoms with E-state index < -0.39 is 11.6 Å².